The minimum atomic E-state index is -0.321. The minimum absolute atomic E-state index is 0.321. The smallest absolute Gasteiger partial charge is 0.173 e. The van der Waals surface area contributed by atoms with E-state index in [0.29, 0.717) is 11.6 Å². The Bertz CT molecular complexity index is 1150. The molecule has 0 unspecified atom stereocenters. The Kier molecular flexibility index (Phi) is 3.72. The molecule has 0 aromatic carbocycles. The number of aromatic nitrogens is 5. The lowest BCUT2D eigenvalue weighted by Crippen LogP contribution is -2.26. The fourth-order valence-corrected chi connectivity index (χ4v) is 3.99. The van der Waals surface area contributed by atoms with Gasteiger partial charge in [0.1, 0.15) is 5.52 Å². The number of hydrogen-bond donors (Lipinski definition) is 1. The van der Waals surface area contributed by atoms with Gasteiger partial charge in [-0.1, -0.05) is 0 Å². The van der Waals surface area contributed by atoms with Crippen LogP contribution in [0.3, 0.4) is 0 Å². The van der Waals surface area contributed by atoms with Gasteiger partial charge >= 0.3 is 0 Å². The van der Waals surface area contributed by atoms with Crippen LogP contribution in [-0.2, 0) is 7.05 Å². The van der Waals surface area contributed by atoms with Gasteiger partial charge in [0.05, 0.1) is 17.1 Å². The second-order valence-electron chi connectivity index (χ2n) is 7.33. The van der Waals surface area contributed by atoms with E-state index in [1.807, 2.05) is 38.6 Å². The lowest BCUT2D eigenvalue weighted by Gasteiger charge is -2.20. The normalized spacial score (nSPS) is 15.8. The number of hydrogen-bond acceptors (Lipinski definition) is 4. The number of halogens is 1. The summed E-state index contributed by atoms with van der Waals surface area (Å²) in [6.07, 6.45) is 7.91. The van der Waals surface area contributed by atoms with E-state index in [9.17, 15) is 4.39 Å². The van der Waals surface area contributed by atoms with Crippen LogP contribution in [-0.4, -0.2) is 37.2 Å². The van der Waals surface area contributed by atoms with E-state index >= 15 is 0 Å². The predicted octanol–water partition coefficient (Wildman–Crippen LogP) is 3.20. The van der Waals surface area contributed by atoms with E-state index < -0.39 is 0 Å². The largest absolute Gasteiger partial charge is 0.317 e. The summed E-state index contributed by atoms with van der Waals surface area (Å²) in [7, 11) is 1.89. The van der Waals surface area contributed by atoms with E-state index in [4.69, 9.17) is 0 Å². The first-order chi connectivity index (χ1) is 13.1. The predicted molar refractivity (Wildman–Crippen MR) is 102 cm³/mol. The second-order valence-corrected chi connectivity index (χ2v) is 7.33. The first-order valence-corrected chi connectivity index (χ1v) is 9.29. The minimum Gasteiger partial charge on any atom is -0.317 e. The van der Waals surface area contributed by atoms with Crippen LogP contribution in [0.25, 0.3) is 27.8 Å². The third kappa shape index (κ3) is 2.78. The molecule has 1 N–H and O–H groups in total. The van der Waals surface area contributed by atoms with Crippen LogP contribution in [0, 0.1) is 12.7 Å². The third-order valence-corrected chi connectivity index (χ3v) is 5.36. The molecule has 1 aliphatic rings. The number of rotatable bonds is 2. The van der Waals surface area contributed by atoms with Gasteiger partial charge in [0.15, 0.2) is 11.5 Å². The van der Waals surface area contributed by atoms with Crippen molar-refractivity contribution in [2.45, 2.75) is 25.7 Å². The molecule has 1 fully saturated rings. The summed E-state index contributed by atoms with van der Waals surface area (Å²) in [5.41, 5.74) is 4.54. The number of fused-ring (bicyclic) bond motifs is 2. The Balaban J connectivity index is 1.61. The summed E-state index contributed by atoms with van der Waals surface area (Å²) in [6.45, 7) is 3.90. The molecule has 5 rings (SSSR count). The lowest BCUT2D eigenvalue weighted by atomic mass is 9.95. The average molecular weight is 364 g/mol. The second kappa shape index (κ2) is 6.13. The first-order valence-electron chi connectivity index (χ1n) is 9.29. The summed E-state index contributed by atoms with van der Waals surface area (Å²) in [6, 6.07) is 3.49. The molecular formula is C20H21FN6. The van der Waals surface area contributed by atoms with Gasteiger partial charge in [-0.2, -0.15) is 5.10 Å². The van der Waals surface area contributed by atoms with Crippen molar-refractivity contribution >= 4 is 16.6 Å². The van der Waals surface area contributed by atoms with Crippen LogP contribution in [0.1, 0.15) is 30.1 Å². The molecule has 0 atom stereocenters. The van der Waals surface area contributed by atoms with Crippen molar-refractivity contribution in [1.29, 1.82) is 0 Å². The van der Waals surface area contributed by atoms with Crippen molar-refractivity contribution in [3.8, 4) is 11.3 Å². The molecule has 1 aliphatic heterocycles. The molecule has 0 aliphatic carbocycles. The molecule has 27 heavy (non-hydrogen) atoms. The van der Waals surface area contributed by atoms with E-state index in [0.717, 1.165) is 59.5 Å². The Morgan fingerprint density at radius 1 is 1.11 bits per heavy atom. The number of nitrogens with zero attached hydrogens (tertiary/aromatic N) is 5. The van der Waals surface area contributed by atoms with Crippen LogP contribution in [0.5, 0.6) is 0 Å². The fourth-order valence-electron chi connectivity index (χ4n) is 3.99. The van der Waals surface area contributed by atoms with E-state index in [2.05, 4.69) is 20.4 Å². The number of piperidine rings is 1. The summed E-state index contributed by atoms with van der Waals surface area (Å²) >= 11 is 0. The Labute approximate surface area is 156 Å². The van der Waals surface area contributed by atoms with Crippen LogP contribution >= 0.6 is 0 Å². The molecule has 0 spiro atoms. The molecule has 0 bridgehead atoms. The summed E-state index contributed by atoms with van der Waals surface area (Å²) in [5.74, 6) is 0.0690. The van der Waals surface area contributed by atoms with Crippen molar-refractivity contribution in [3.05, 3.63) is 47.9 Å². The zero-order valence-corrected chi connectivity index (χ0v) is 15.4. The van der Waals surface area contributed by atoms with Gasteiger partial charge in [0, 0.05) is 42.5 Å². The van der Waals surface area contributed by atoms with Crippen LogP contribution in [0.4, 0.5) is 4.39 Å². The van der Waals surface area contributed by atoms with E-state index in [1.165, 1.54) is 6.07 Å². The molecule has 6 nitrogen and oxygen atoms in total. The quantitative estimate of drug-likeness (QED) is 0.593. The monoisotopic (exact) mass is 364 g/mol. The number of imidazole rings is 1. The summed E-state index contributed by atoms with van der Waals surface area (Å²) in [5, 5.41) is 8.79. The molecule has 138 valence electrons. The summed E-state index contributed by atoms with van der Waals surface area (Å²) < 4.78 is 18.4. The summed E-state index contributed by atoms with van der Waals surface area (Å²) in [4.78, 5) is 9.21. The molecule has 7 heteroatoms. The van der Waals surface area contributed by atoms with Crippen molar-refractivity contribution in [2.75, 3.05) is 13.1 Å². The topological polar surface area (TPSA) is 60.0 Å². The van der Waals surface area contributed by atoms with Gasteiger partial charge < -0.3 is 9.72 Å². The molecule has 4 aromatic rings. The number of pyridine rings is 2. The number of aryl methyl sites for hydroxylation is 2. The Morgan fingerprint density at radius 3 is 2.74 bits per heavy atom. The third-order valence-electron chi connectivity index (χ3n) is 5.36. The molecule has 0 saturated carbocycles. The lowest BCUT2D eigenvalue weighted by molar-refractivity contribution is 0.454. The molecular weight excluding hydrogens is 343 g/mol. The zero-order valence-electron chi connectivity index (χ0n) is 15.4. The number of nitrogens with one attached hydrogen (secondary N) is 1. The first kappa shape index (κ1) is 16.4. The zero-order chi connectivity index (χ0) is 18.5. The molecule has 1 saturated heterocycles. The van der Waals surface area contributed by atoms with Gasteiger partial charge in [-0.3, -0.25) is 9.67 Å². The Morgan fingerprint density at radius 2 is 1.93 bits per heavy atom. The fraction of sp³-hybridized carbons (Fsp3) is 0.350. The maximum atomic E-state index is 14.8. The van der Waals surface area contributed by atoms with Gasteiger partial charge in [-0.15, -0.1) is 0 Å². The highest BCUT2D eigenvalue weighted by Gasteiger charge is 2.20. The molecule has 0 amide bonds. The SMILES string of the molecule is Cc1nc(-c2cc(F)c3nc(C4CCNCC4)cn3c2)cc2cn(C)nc12. The van der Waals surface area contributed by atoms with E-state index in [1.54, 1.807) is 9.08 Å². The van der Waals surface area contributed by atoms with Crippen molar-refractivity contribution < 1.29 is 4.39 Å². The van der Waals surface area contributed by atoms with Gasteiger partial charge in [0.25, 0.3) is 0 Å². The highest BCUT2D eigenvalue weighted by molar-refractivity contribution is 5.84. The van der Waals surface area contributed by atoms with E-state index in [-0.39, 0.29) is 5.82 Å². The molecule has 0 radical (unpaired) electrons. The Hall–Kier alpha value is -2.80. The molecule has 5 heterocycles. The van der Waals surface area contributed by atoms with Crippen LogP contribution < -0.4 is 5.32 Å². The average Bonchev–Trinajstić information content (AvgIpc) is 3.26. The van der Waals surface area contributed by atoms with Gasteiger partial charge in [0.2, 0.25) is 0 Å². The highest BCUT2D eigenvalue weighted by atomic mass is 19.1. The van der Waals surface area contributed by atoms with Crippen LogP contribution in [0.15, 0.2) is 30.7 Å². The van der Waals surface area contributed by atoms with Crippen molar-refractivity contribution in [3.63, 3.8) is 0 Å². The maximum absolute atomic E-state index is 14.8. The van der Waals surface area contributed by atoms with Crippen molar-refractivity contribution in [1.82, 2.24) is 29.5 Å². The van der Waals surface area contributed by atoms with Gasteiger partial charge in [-0.05, 0) is 45.0 Å². The van der Waals surface area contributed by atoms with Crippen molar-refractivity contribution in [2.24, 2.45) is 7.05 Å². The standard InChI is InChI=1S/C20H21FN6/c1-12-19-15(9-26(2)25-19)8-17(23-12)14-7-16(21)20-24-18(11-27(20)10-14)13-3-5-22-6-4-13/h7-11,13,22H,3-6H2,1-2H3. The van der Waals surface area contributed by atoms with Crippen LogP contribution in [0.2, 0.25) is 0 Å². The molecule has 4 aromatic heterocycles. The maximum Gasteiger partial charge on any atom is 0.173 e. The van der Waals surface area contributed by atoms with Gasteiger partial charge in [-0.25, -0.2) is 9.37 Å². The highest BCUT2D eigenvalue weighted by Crippen LogP contribution is 2.28.